The maximum Gasteiger partial charge on any atom is 0.303 e. The quantitative estimate of drug-likeness (QED) is 0.286. The van der Waals surface area contributed by atoms with Crippen molar-refractivity contribution in [2.24, 2.45) is 0 Å². The van der Waals surface area contributed by atoms with E-state index in [0.29, 0.717) is 45.9 Å². The number of ether oxygens (including phenoxy) is 2. The van der Waals surface area contributed by atoms with Gasteiger partial charge >= 0.3 is 5.97 Å². The van der Waals surface area contributed by atoms with Crippen LogP contribution < -0.4 is 10.6 Å². The van der Waals surface area contributed by atoms with E-state index in [4.69, 9.17) is 14.6 Å². The highest BCUT2D eigenvalue weighted by Gasteiger charge is 2.03. The Morgan fingerprint density at radius 2 is 1.63 bits per heavy atom. The lowest BCUT2D eigenvalue weighted by Gasteiger charge is -2.06. The fraction of sp³-hybridized carbons (Fsp3) is 0.727. The molecule has 0 aromatic heterocycles. The van der Waals surface area contributed by atoms with E-state index >= 15 is 0 Å². The number of carboxylic acid groups (broad SMARTS) is 1. The summed E-state index contributed by atoms with van der Waals surface area (Å²) < 4.78 is 10.3. The SMILES string of the molecule is O=CNCCOCCOCCNC(=O)CCC(=O)O. The zero-order chi connectivity index (χ0) is 14.3. The third-order valence-electron chi connectivity index (χ3n) is 1.98. The van der Waals surface area contributed by atoms with E-state index in [1.807, 2.05) is 0 Å². The summed E-state index contributed by atoms with van der Waals surface area (Å²) in [5.74, 6) is -1.30. The van der Waals surface area contributed by atoms with Gasteiger partial charge in [0.15, 0.2) is 0 Å². The molecule has 0 aromatic rings. The van der Waals surface area contributed by atoms with Gasteiger partial charge in [0.05, 0.1) is 32.8 Å². The van der Waals surface area contributed by atoms with Crippen LogP contribution in [0, 0.1) is 0 Å². The number of aliphatic carboxylic acids is 1. The molecule has 0 saturated carbocycles. The Morgan fingerprint density at radius 3 is 2.21 bits per heavy atom. The van der Waals surface area contributed by atoms with Gasteiger partial charge in [0.2, 0.25) is 12.3 Å². The van der Waals surface area contributed by atoms with E-state index in [1.165, 1.54) is 0 Å². The van der Waals surface area contributed by atoms with Crippen molar-refractivity contribution in [3.8, 4) is 0 Å². The molecule has 0 unspecified atom stereocenters. The number of rotatable bonds is 13. The molecule has 0 atom stereocenters. The van der Waals surface area contributed by atoms with Gasteiger partial charge in [-0.15, -0.1) is 0 Å². The van der Waals surface area contributed by atoms with Crippen LogP contribution in [-0.2, 0) is 23.9 Å². The molecule has 19 heavy (non-hydrogen) atoms. The predicted octanol–water partition coefficient (Wildman–Crippen LogP) is -1.25. The van der Waals surface area contributed by atoms with E-state index in [-0.39, 0.29) is 18.7 Å². The van der Waals surface area contributed by atoms with E-state index in [1.54, 1.807) is 0 Å². The Bertz CT molecular complexity index is 272. The molecule has 0 aliphatic carbocycles. The summed E-state index contributed by atoms with van der Waals surface area (Å²) in [6, 6.07) is 0. The highest BCUT2D eigenvalue weighted by atomic mass is 16.5. The Balaban J connectivity index is 3.15. The Kier molecular flexibility index (Phi) is 11.7. The summed E-state index contributed by atoms with van der Waals surface area (Å²) in [5.41, 5.74) is 0. The van der Waals surface area contributed by atoms with Gasteiger partial charge in [-0.05, 0) is 0 Å². The second-order valence-electron chi connectivity index (χ2n) is 3.54. The van der Waals surface area contributed by atoms with Gasteiger partial charge in [-0.2, -0.15) is 0 Å². The van der Waals surface area contributed by atoms with Crippen molar-refractivity contribution in [3.63, 3.8) is 0 Å². The van der Waals surface area contributed by atoms with Crippen LogP contribution in [0.1, 0.15) is 12.8 Å². The van der Waals surface area contributed by atoms with Gasteiger partial charge in [0.1, 0.15) is 0 Å². The molecule has 0 radical (unpaired) electrons. The fourth-order valence-corrected chi connectivity index (χ4v) is 1.08. The first-order chi connectivity index (χ1) is 9.16. The zero-order valence-electron chi connectivity index (χ0n) is 10.7. The molecule has 0 aliphatic rings. The number of hydrogen-bond acceptors (Lipinski definition) is 5. The normalized spacial score (nSPS) is 9.89. The van der Waals surface area contributed by atoms with Gasteiger partial charge in [0.25, 0.3) is 0 Å². The first-order valence-electron chi connectivity index (χ1n) is 5.98. The Hall–Kier alpha value is -1.67. The second-order valence-corrected chi connectivity index (χ2v) is 3.54. The van der Waals surface area contributed by atoms with Crippen LogP contribution in [0.3, 0.4) is 0 Å². The average Bonchev–Trinajstić information content (AvgIpc) is 2.38. The van der Waals surface area contributed by atoms with Crippen molar-refractivity contribution in [1.82, 2.24) is 10.6 Å². The van der Waals surface area contributed by atoms with E-state index < -0.39 is 5.97 Å². The largest absolute Gasteiger partial charge is 0.481 e. The minimum Gasteiger partial charge on any atom is -0.481 e. The van der Waals surface area contributed by atoms with Gasteiger partial charge in [0, 0.05) is 19.5 Å². The van der Waals surface area contributed by atoms with Gasteiger partial charge in [-0.3, -0.25) is 14.4 Å². The number of hydrogen-bond donors (Lipinski definition) is 3. The highest BCUT2D eigenvalue weighted by molar-refractivity contribution is 5.80. The monoisotopic (exact) mass is 276 g/mol. The number of carbonyl (C=O) groups excluding carboxylic acids is 2. The topological polar surface area (TPSA) is 114 Å². The van der Waals surface area contributed by atoms with Crippen molar-refractivity contribution in [2.45, 2.75) is 12.8 Å². The molecule has 8 heteroatoms. The summed E-state index contributed by atoms with van der Waals surface area (Å²) in [6.45, 7) is 2.37. The highest BCUT2D eigenvalue weighted by Crippen LogP contribution is 1.88. The third-order valence-corrected chi connectivity index (χ3v) is 1.98. The Morgan fingerprint density at radius 1 is 1.00 bits per heavy atom. The standard InChI is InChI=1S/C11H20N2O6/c14-9-12-3-5-18-7-8-19-6-4-13-10(15)1-2-11(16)17/h9H,1-8H2,(H,12,14)(H,13,15)(H,16,17). The third kappa shape index (κ3) is 14.3. The van der Waals surface area contributed by atoms with Crippen molar-refractivity contribution in [2.75, 3.05) is 39.5 Å². The van der Waals surface area contributed by atoms with Crippen LogP contribution >= 0.6 is 0 Å². The molecule has 2 amide bonds. The van der Waals surface area contributed by atoms with Crippen molar-refractivity contribution >= 4 is 18.3 Å². The lowest BCUT2D eigenvalue weighted by Crippen LogP contribution is -2.28. The second kappa shape index (κ2) is 12.8. The van der Waals surface area contributed by atoms with Crippen LogP contribution in [0.25, 0.3) is 0 Å². The molecule has 0 rings (SSSR count). The molecule has 0 spiro atoms. The van der Waals surface area contributed by atoms with Gasteiger partial charge in [-0.1, -0.05) is 0 Å². The molecule has 0 saturated heterocycles. The molecule has 3 N–H and O–H groups in total. The number of amides is 2. The molecular formula is C11H20N2O6. The van der Waals surface area contributed by atoms with Crippen molar-refractivity contribution in [1.29, 1.82) is 0 Å². The van der Waals surface area contributed by atoms with Crippen LogP contribution in [0.15, 0.2) is 0 Å². The van der Waals surface area contributed by atoms with Crippen molar-refractivity contribution < 1.29 is 29.0 Å². The Labute approximate surface area is 111 Å². The molecule has 0 aromatic carbocycles. The fourth-order valence-electron chi connectivity index (χ4n) is 1.08. The summed E-state index contributed by atoms with van der Waals surface area (Å²) >= 11 is 0. The first kappa shape index (κ1) is 17.3. The summed E-state index contributed by atoms with van der Waals surface area (Å²) in [7, 11) is 0. The van der Waals surface area contributed by atoms with Gasteiger partial charge < -0.3 is 25.2 Å². The van der Waals surface area contributed by atoms with Crippen molar-refractivity contribution in [3.05, 3.63) is 0 Å². The number of carboxylic acids is 1. The smallest absolute Gasteiger partial charge is 0.303 e. The summed E-state index contributed by atoms with van der Waals surface area (Å²) in [4.78, 5) is 31.2. The molecule has 8 nitrogen and oxygen atoms in total. The first-order valence-corrected chi connectivity index (χ1v) is 5.98. The maximum absolute atomic E-state index is 11.1. The lowest BCUT2D eigenvalue weighted by atomic mass is 10.3. The predicted molar refractivity (Wildman–Crippen MR) is 65.6 cm³/mol. The van der Waals surface area contributed by atoms with Crippen LogP contribution in [0.2, 0.25) is 0 Å². The molecule has 0 bridgehead atoms. The van der Waals surface area contributed by atoms with Gasteiger partial charge in [-0.25, -0.2) is 0 Å². The number of carbonyl (C=O) groups is 3. The van der Waals surface area contributed by atoms with Crippen LogP contribution in [-0.4, -0.2) is 62.9 Å². The molecular weight excluding hydrogens is 256 g/mol. The van der Waals surface area contributed by atoms with Crippen LogP contribution in [0.5, 0.6) is 0 Å². The average molecular weight is 276 g/mol. The van der Waals surface area contributed by atoms with E-state index in [0.717, 1.165) is 0 Å². The summed E-state index contributed by atoms with van der Waals surface area (Å²) in [5, 5.41) is 13.4. The van der Waals surface area contributed by atoms with E-state index in [9.17, 15) is 14.4 Å². The maximum atomic E-state index is 11.1. The molecule has 0 heterocycles. The molecule has 0 aliphatic heterocycles. The number of nitrogens with one attached hydrogen (secondary N) is 2. The van der Waals surface area contributed by atoms with E-state index in [2.05, 4.69) is 10.6 Å². The molecule has 110 valence electrons. The summed E-state index contributed by atoms with van der Waals surface area (Å²) in [6.07, 6.45) is 0.407. The zero-order valence-corrected chi connectivity index (χ0v) is 10.7. The molecule has 0 fully saturated rings. The minimum atomic E-state index is -0.993. The van der Waals surface area contributed by atoms with Crippen LogP contribution in [0.4, 0.5) is 0 Å². The lowest BCUT2D eigenvalue weighted by molar-refractivity contribution is -0.138. The minimum absolute atomic E-state index is 0.0256.